The molecule has 2 amide bonds. The molecule has 0 spiro atoms. The Bertz CT molecular complexity index is 882. The van der Waals surface area contributed by atoms with Crippen LogP contribution >= 0.6 is 0 Å². The van der Waals surface area contributed by atoms with Gasteiger partial charge in [-0.1, -0.05) is 36.8 Å². The van der Waals surface area contributed by atoms with Gasteiger partial charge in [-0.25, -0.2) is 0 Å². The van der Waals surface area contributed by atoms with E-state index < -0.39 is 0 Å². The molecule has 0 radical (unpaired) electrons. The molecule has 3 rings (SSSR count). The number of amides is 2. The fourth-order valence-corrected chi connectivity index (χ4v) is 3.81. The second-order valence-corrected chi connectivity index (χ2v) is 8.27. The van der Waals surface area contributed by atoms with Crippen molar-refractivity contribution in [2.45, 2.75) is 46.6 Å². The summed E-state index contributed by atoms with van der Waals surface area (Å²) in [6.45, 7) is 10.6. The van der Waals surface area contributed by atoms with Crippen LogP contribution in [-0.2, 0) is 9.59 Å². The standard InChI is InChI=1S/C24H33N5O2/c1-5-19(3)29(20(4)30)17-24(31)28-14-6-13-27(15-16-28)23-12-11-22(25-26-23)21-9-7-18(2)8-10-21/h7-12,19H,5-6,13-17H2,1-4H3. The Balaban J connectivity index is 1.61. The number of benzene rings is 1. The van der Waals surface area contributed by atoms with Crippen LogP contribution in [0.4, 0.5) is 5.82 Å². The summed E-state index contributed by atoms with van der Waals surface area (Å²) >= 11 is 0. The van der Waals surface area contributed by atoms with Crippen LogP contribution < -0.4 is 4.90 Å². The molecule has 2 heterocycles. The summed E-state index contributed by atoms with van der Waals surface area (Å²) in [5.41, 5.74) is 3.12. The van der Waals surface area contributed by atoms with Crippen LogP contribution in [0.3, 0.4) is 0 Å². The lowest BCUT2D eigenvalue weighted by Crippen LogP contribution is -2.46. The molecule has 0 saturated carbocycles. The lowest BCUT2D eigenvalue weighted by Gasteiger charge is -2.30. The summed E-state index contributed by atoms with van der Waals surface area (Å²) in [4.78, 5) is 30.5. The van der Waals surface area contributed by atoms with E-state index in [1.165, 1.54) is 12.5 Å². The third kappa shape index (κ3) is 5.81. The monoisotopic (exact) mass is 423 g/mol. The number of hydrogen-bond donors (Lipinski definition) is 0. The number of nitrogens with zero attached hydrogens (tertiary/aromatic N) is 5. The Morgan fingerprint density at radius 3 is 2.39 bits per heavy atom. The molecule has 0 N–H and O–H groups in total. The number of rotatable bonds is 6. The van der Waals surface area contributed by atoms with Crippen molar-refractivity contribution in [3.05, 3.63) is 42.0 Å². The normalized spacial score (nSPS) is 15.4. The van der Waals surface area contributed by atoms with Gasteiger partial charge in [0.05, 0.1) is 12.2 Å². The van der Waals surface area contributed by atoms with Crippen molar-refractivity contribution in [2.75, 3.05) is 37.6 Å². The highest BCUT2D eigenvalue weighted by atomic mass is 16.2. The molecule has 0 aliphatic carbocycles. The van der Waals surface area contributed by atoms with Crippen molar-refractivity contribution < 1.29 is 9.59 Å². The van der Waals surface area contributed by atoms with Gasteiger partial charge in [0, 0.05) is 44.7 Å². The van der Waals surface area contributed by atoms with Crippen LogP contribution in [0.1, 0.15) is 39.2 Å². The average molecular weight is 424 g/mol. The van der Waals surface area contributed by atoms with Gasteiger partial charge in [-0.15, -0.1) is 10.2 Å². The van der Waals surface area contributed by atoms with Crippen LogP contribution in [0.25, 0.3) is 11.3 Å². The fraction of sp³-hybridized carbons (Fsp3) is 0.500. The van der Waals surface area contributed by atoms with E-state index in [9.17, 15) is 9.59 Å². The van der Waals surface area contributed by atoms with E-state index in [4.69, 9.17) is 0 Å². The van der Waals surface area contributed by atoms with E-state index in [0.717, 1.165) is 36.5 Å². The summed E-state index contributed by atoms with van der Waals surface area (Å²) in [5.74, 6) is 0.788. The minimum absolute atomic E-state index is 0.0122. The van der Waals surface area contributed by atoms with E-state index in [1.54, 1.807) is 4.90 Å². The number of aromatic nitrogens is 2. The Hall–Kier alpha value is -2.96. The van der Waals surface area contributed by atoms with E-state index in [0.29, 0.717) is 19.6 Å². The molecule has 0 bridgehead atoms. The average Bonchev–Trinajstić information content (AvgIpc) is 3.04. The van der Waals surface area contributed by atoms with Crippen LogP contribution in [-0.4, -0.2) is 70.6 Å². The predicted molar refractivity (Wildman–Crippen MR) is 123 cm³/mol. The Labute approximate surface area is 185 Å². The van der Waals surface area contributed by atoms with Gasteiger partial charge in [-0.2, -0.15) is 0 Å². The quantitative estimate of drug-likeness (QED) is 0.714. The maximum absolute atomic E-state index is 12.8. The van der Waals surface area contributed by atoms with Gasteiger partial charge in [0.25, 0.3) is 0 Å². The number of aryl methyl sites for hydroxylation is 1. The molecule has 1 saturated heterocycles. The first-order chi connectivity index (χ1) is 14.9. The molecule has 1 fully saturated rings. The lowest BCUT2D eigenvalue weighted by molar-refractivity contribution is -0.141. The third-order valence-electron chi connectivity index (χ3n) is 6.00. The summed E-state index contributed by atoms with van der Waals surface area (Å²) in [6, 6.07) is 12.3. The minimum atomic E-state index is -0.0527. The zero-order chi connectivity index (χ0) is 22.4. The van der Waals surface area contributed by atoms with Crippen molar-refractivity contribution in [3.63, 3.8) is 0 Å². The van der Waals surface area contributed by atoms with Crippen LogP contribution in [0.2, 0.25) is 0 Å². The summed E-state index contributed by atoms with van der Waals surface area (Å²) in [5, 5.41) is 8.85. The zero-order valence-electron chi connectivity index (χ0n) is 19.0. The van der Waals surface area contributed by atoms with E-state index in [-0.39, 0.29) is 24.4 Å². The SMILES string of the molecule is CCC(C)N(CC(=O)N1CCCN(c2ccc(-c3ccc(C)cc3)nn2)CC1)C(C)=O. The van der Waals surface area contributed by atoms with Gasteiger partial charge < -0.3 is 14.7 Å². The second-order valence-electron chi connectivity index (χ2n) is 8.27. The van der Waals surface area contributed by atoms with E-state index in [2.05, 4.69) is 46.3 Å². The van der Waals surface area contributed by atoms with Gasteiger partial charge in [-0.3, -0.25) is 9.59 Å². The molecule has 1 unspecified atom stereocenters. The number of anilines is 1. The topological polar surface area (TPSA) is 69.6 Å². The molecule has 1 atom stereocenters. The summed E-state index contributed by atoms with van der Waals surface area (Å²) in [6.07, 6.45) is 1.69. The molecule has 1 aromatic heterocycles. The molecule has 1 aromatic carbocycles. The maximum atomic E-state index is 12.8. The first-order valence-electron chi connectivity index (χ1n) is 11.1. The van der Waals surface area contributed by atoms with Crippen LogP contribution in [0.15, 0.2) is 36.4 Å². The third-order valence-corrected chi connectivity index (χ3v) is 6.00. The molecule has 2 aromatic rings. The first-order valence-corrected chi connectivity index (χ1v) is 11.1. The van der Waals surface area contributed by atoms with Gasteiger partial charge in [-0.05, 0) is 38.8 Å². The van der Waals surface area contributed by atoms with Crippen molar-refractivity contribution >= 4 is 17.6 Å². The maximum Gasteiger partial charge on any atom is 0.242 e. The molecular formula is C24H33N5O2. The fourth-order valence-electron chi connectivity index (χ4n) is 3.81. The summed E-state index contributed by atoms with van der Waals surface area (Å²) in [7, 11) is 0. The lowest BCUT2D eigenvalue weighted by atomic mass is 10.1. The summed E-state index contributed by atoms with van der Waals surface area (Å²) < 4.78 is 0. The van der Waals surface area contributed by atoms with Crippen molar-refractivity contribution in [2.24, 2.45) is 0 Å². The van der Waals surface area contributed by atoms with Crippen LogP contribution in [0, 0.1) is 6.92 Å². The molecule has 7 nitrogen and oxygen atoms in total. The zero-order valence-corrected chi connectivity index (χ0v) is 19.0. The second kappa shape index (κ2) is 10.4. The highest BCUT2D eigenvalue weighted by Gasteiger charge is 2.24. The largest absolute Gasteiger partial charge is 0.353 e. The molecule has 1 aliphatic rings. The van der Waals surface area contributed by atoms with Gasteiger partial charge in [0.1, 0.15) is 0 Å². The van der Waals surface area contributed by atoms with Crippen molar-refractivity contribution in [1.29, 1.82) is 0 Å². The molecule has 1 aliphatic heterocycles. The molecule has 31 heavy (non-hydrogen) atoms. The highest BCUT2D eigenvalue weighted by Crippen LogP contribution is 2.20. The molecule has 166 valence electrons. The Morgan fingerprint density at radius 2 is 1.77 bits per heavy atom. The van der Waals surface area contributed by atoms with Crippen LogP contribution in [0.5, 0.6) is 0 Å². The predicted octanol–water partition coefficient (Wildman–Crippen LogP) is 3.14. The van der Waals surface area contributed by atoms with E-state index in [1.807, 2.05) is 30.9 Å². The molecule has 7 heteroatoms. The number of hydrogen-bond acceptors (Lipinski definition) is 5. The smallest absolute Gasteiger partial charge is 0.242 e. The molecular weight excluding hydrogens is 390 g/mol. The Morgan fingerprint density at radius 1 is 1.03 bits per heavy atom. The van der Waals surface area contributed by atoms with Crippen molar-refractivity contribution in [1.82, 2.24) is 20.0 Å². The van der Waals surface area contributed by atoms with Gasteiger partial charge >= 0.3 is 0 Å². The number of carbonyl (C=O) groups is 2. The Kier molecular flexibility index (Phi) is 7.60. The highest BCUT2D eigenvalue weighted by molar-refractivity contribution is 5.84. The number of carbonyl (C=O) groups excluding carboxylic acids is 2. The first kappa shape index (κ1) is 22.7. The van der Waals surface area contributed by atoms with Gasteiger partial charge in [0.15, 0.2) is 5.82 Å². The minimum Gasteiger partial charge on any atom is -0.353 e. The van der Waals surface area contributed by atoms with E-state index >= 15 is 0 Å². The van der Waals surface area contributed by atoms with Gasteiger partial charge in [0.2, 0.25) is 11.8 Å². The van der Waals surface area contributed by atoms with Crippen molar-refractivity contribution in [3.8, 4) is 11.3 Å².